The zero-order valence-electron chi connectivity index (χ0n) is 8.64. The van der Waals surface area contributed by atoms with E-state index in [1.165, 1.54) is 7.11 Å². The Labute approximate surface area is 98.0 Å². The number of rotatable bonds is 2. The van der Waals surface area contributed by atoms with E-state index in [-0.39, 0.29) is 5.95 Å². The molecule has 0 spiro atoms. The second-order valence-corrected chi connectivity index (χ2v) is 3.54. The van der Waals surface area contributed by atoms with Crippen molar-refractivity contribution in [1.82, 2.24) is 9.97 Å². The molecule has 0 bridgehead atoms. The molecule has 4 nitrogen and oxygen atoms in total. The standard InChI is InChI=1S/C11H10ClN3O/c1-16-10-6-9(14-11(13)15-10)7-4-2-3-5-8(7)12/h2-6H,1H3,(H2,13,14,15). The van der Waals surface area contributed by atoms with Crippen molar-refractivity contribution in [1.29, 1.82) is 0 Å². The minimum absolute atomic E-state index is 0.161. The molecule has 2 N–H and O–H groups in total. The Hall–Kier alpha value is -1.81. The number of nitrogens with zero attached hydrogens (tertiary/aromatic N) is 2. The Morgan fingerprint density at radius 1 is 1.25 bits per heavy atom. The fourth-order valence-electron chi connectivity index (χ4n) is 1.35. The molecule has 0 aliphatic carbocycles. The van der Waals surface area contributed by atoms with E-state index in [0.29, 0.717) is 16.6 Å². The maximum absolute atomic E-state index is 6.06. The second kappa shape index (κ2) is 4.37. The van der Waals surface area contributed by atoms with Crippen LogP contribution in [0.5, 0.6) is 5.88 Å². The molecule has 0 aliphatic heterocycles. The molecule has 5 heteroatoms. The fraction of sp³-hybridized carbons (Fsp3) is 0.0909. The molecule has 0 radical (unpaired) electrons. The lowest BCUT2D eigenvalue weighted by Gasteiger charge is -2.06. The van der Waals surface area contributed by atoms with Crippen LogP contribution in [0.2, 0.25) is 5.02 Å². The summed E-state index contributed by atoms with van der Waals surface area (Å²) in [5.74, 6) is 0.580. The molecule has 0 unspecified atom stereocenters. The lowest BCUT2D eigenvalue weighted by atomic mass is 10.1. The van der Waals surface area contributed by atoms with E-state index in [1.54, 1.807) is 12.1 Å². The number of nitrogens with two attached hydrogens (primary N) is 1. The minimum Gasteiger partial charge on any atom is -0.481 e. The lowest BCUT2D eigenvalue weighted by Crippen LogP contribution is -1.99. The third kappa shape index (κ3) is 2.06. The quantitative estimate of drug-likeness (QED) is 0.868. The Bertz CT molecular complexity index is 516. The number of benzene rings is 1. The Morgan fingerprint density at radius 3 is 2.69 bits per heavy atom. The predicted octanol–water partition coefficient (Wildman–Crippen LogP) is 2.39. The first-order valence-electron chi connectivity index (χ1n) is 4.64. The van der Waals surface area contributed by atoms with Crippen LogP contribution in [0.15, 0.2) is 30.3 Å². The molecule has 2 rings (SSSR count). The first kappa shape index (κ1) is 10.7. The van der Waals surface area contributed by atoms with Crippen LogP contribution in [-0.4, -0.2) is 17.1 Å². The van der Waals surface area contributed by atoms with E-state index >= 15 is 0 Å². The summed E-state index contributed by atoms with van der Waals surface area (Å²) in [4.78, 5) is 8.02. The van der Waals surface area contributed by atoms with Crippen molar-refractivity contribution < 1.29 is 4.74 Å². The summed E-state index contributed by atoms with van der Waals surface area (Å²) >= 11 is 6.06. The number of nitrogen functional groups attached to an aromatic ring is 1. The van der Waals surface area contributed by atoms with Gasteiger partial charge >= 0.3 is 0 Å². The van der Waals surface area contributed by atoms with Crippen LogP contribution in [0.1, 0.15) is 0 Å². The van der Waals surface area contributed by atoms with Crippen molar-refractivity contribution in [3.8, 4) is 17.1 Å². The van der Waals surface area contributed by atoms with Gasteiger partial charge in [0.25, 0.3) is 0 Å². The van der Waals surface area contributed by atoms with Gasteiger partial charge in [0.15, 0.2) is 0 Å². The molecule has 1 aromatic heterocycles. The number of ether oxygens (including phenoxy) is 1. The molecular formula is C11H10ClN3O. The van der Waals surface area contributed by atoms with Gasteiger partial charge in [-0.15, -0.1) is 0 Å². The van der Waals surface area contributed by atoms with Gasteiger partial charge in [0.2, 0.25) is 11.8 Å². The highest BCUT2D eigenvalue weighted by atomic mass is 35.5. The summed E-state index contributed by atoms with van der Waals surface area (Å²) in [6.07, 6.45) is 0. The second-order valence-electron chi connectivity index (χ2n) is 3.13. The molecule has 0 atom stereocenters. The summed E-state index contributed by atoms with van der Waals surface area (Å²) in [6, 6.07) is 9.09. The van der Waals surface area contributed by atoms with Crippen LogP contribution in [0.4, 0.5) is 5.95 Å². The number of halogens is 1. The van der Waals surface area contributed by atoms with Gasteiger partial charge in [-0.3, -0.25) is 0 Å². The maximum atomic E-state index is 6.06. The van der Waals surface area contributed by atoms with Crippen LogP contribution >= 0.6 is 11.6 Å². The summed E-state index contributed by atoms with van der Waals surface area (Å²) < 4.78 is 5.02. The Balaban J connectivity index is 2.56. The highest BCUT2D eigenvalue weighted by Gasteiger charge is 2.07. The van der Waals surface area contributed by atoms with E-state index in [0.717, 1.165) is 5.56 Å². The van der Waals surface area contributed by atoms with Crippen molar-refractivity contribution in [3.05, 3.63) is 35.4 Å². The highest BCUT2D eigenvalue weighted by Crippen LogP contribution is 2.28. The zero-order valence-corrected chi connectivity index (χ0v) is 9.40. The third-order valence-electron chi connectivity index (χ3n) is 2.08. The molecule has 1 aromatic carbocycles. The van der Waals surface area contributed by atoms with Gasteiger partial charge in [-0.2, -0.15) is 4.98 Å². The van der Waals surface area contributed by atoms with Crippen LogP contribution in [-0.2, 0) is 0 Å². The molecule has 0 fully saturated rings. The predicted molar refractivity (Wildman–Crippen MR) is 63.4 cm³/mol. The third-order valence-corrected chi connectivity index (χ3v) is 2.41. The van der Waals surface area contributed by atoms with Gasteiger partial charge in [-0.1, -0.05) is 29.8 Å². The summed E-state index contributed by atoms with van der Waals surface area (Å²) in [6.45, 7) is 0. The van der Waals surface area contributed by atoms with E-state index in [9.17, 15) is 0 Å². The monoisotopic (exact) mass is 235 g/mol. The van der Waals surface area contributed by atoms with Crippen molar-refractivity contribution >= 4 is 17.5 Å². The van der Waals surface area contributed by atoms with Gasteiger partial charge in [0.05, 0.1) is 12.8 Å². The molecule has 16 heavy (non-hydrogen) atoms. The maximum Gasteiger partial charge on any atom is 0.223 e. The summed E-state index contributed by atoms with van der Waals surface area (Å²) in [5, 5.41) is 0.614. The van der Waals surface area contributed by atoms with E-state index in [2.05, 4.69) is 9.97 Å². The van der Waals surface area contributed by atoms with Gasteiger partial charge in [0, 0.05) is 16.7 Å². The van der Waals surface area contributed by atoms with Crippen molar-refractivity contribution in [2.45, 2.75) is 0 Å². The number of hydrogen-bond donors (Lipinski definition) is 1. The number of anilines is 1. The Kier molecular flexibility index (Phi) is 2.92. The molecular weight excluding hydrogens is 226 g/mol. The van der Waals surface area contributed by atoms with Crippen molar-refractivity contribution in [2.24, 2.45) is 0 Å². The van der Waals surface area contributed by atoms with E-state index in [4.69, 9.17) is 22.1 Å². The van der Waals surface area contributed by atoms with E-state index in [1.807, 2.05) is 18.2 Å². The van der Waals surface area contributed by atoms with E-state index < -0.39 is 0 Å². The van der Waals surface area contributed by atoms with Crippen LogP contribution in [0, 0.1) is 0 Å². The smallest absolute Gasteiger partial charge is 0.223 e. The van der Waals surface area contributed by atoms with Gasteiger partial charge < -0.3 is 10.5 Å². The molecule has 0 amide bonds. The average Bonchev–Trinajstić information content (AvgIpc) is 2.28. The SMILES string of the molecule is COc1cc(-c2ccccc2Cl)nc(N)n1. The molecule has 0 saturated carbocycles. The van der Waals surface area contributed by atoms with Crippen molar-refractivity contribution in [2.75, 3.05) is 12.8 Å². The first-order valence-corrected chi connectivity index (χ1v) is 5.02. The molecule has 0 saturated heterocycles. The molecule has 1 heterocycles. The highest BCUT2D eigenvalue weighted by molar-refractivity contribution is 6.33. The van der Waals surface area contributed by atoms with Gasteiger partial charge in [-0.05, 0) is 6.07 Å². The first-order chi connectivity index (χ1) is 7.70. The average molecular weight is 236 g/mol. The number of aromatic nitrogens is 2. The minimum atomic E-state index is 0.161. The van der Waals surface area contributed by atoms with Crippen LogP contribution < -0.4 is 10.5 Å². The Morgan fingerprint density at radius 2 is 2.00 bits per heavy atom. The zero-order chi connectivity index (χ0) is 11.5. The molecule has 2 aromatic rings. The topological polar surface area (TPSA) is 61.0 Å². The molecule has 82 valence electrons. The van der Waals surface area contributed by atoms with Crippen LogP contribution in [0.25, 0.3) is 11.3 Å². The number of methoxy groups -OCH3 is 1. The normalized spacial score (nSPS) is 10.1. The van der Waals surface area contributed by atoms with Crippen molar-refractivity contribution in [3.63, 3.8) is 0 Å². The number of hydrogen-bond acceptors (Lipinski definition) is 4. The lowest BCUT2D eigenvalue weighted by molar-refractivity contribution is 0.398. The summed E-state index contributed by atoms with van der Waals surface area (Å²) in [7, 11) is 1.53. The van der Waals surface area contributed by atoms with Crippen LogP contribution in [0.3, 0.4) is 0 Å². The molecule has 0 aliphatic rings. The summed E-state index contributed by atoms with van der Waals surface area (Å²) in [5.41, 5.74) is 7.03. The largest absolute Gasteiger partial charge is 0.481 e. The van der Waals surface area contributed by atoms with Gasteiger partial charge in [0.1, 0.15) is 0 Å². The fourth-order valence-corrected chi connectivity index (χ4v) is 1.59. The van der Waals surface area contributed by atoms with Gasteiger partial charge in [-0.25, -0.2) is 4.98 Å².